The van der Waals surface area contributed by atoms with Crippen molar-refractivity contribution in [2.75, 3.05) is 0 Å². The molecule has 25 heavy (non-hydrogen) atoms. The summed E-state index contributed by atoms with van der Waals surface area (Å²) in [5.74, 6) is -0.663. The quantitative estimate of drug-likeness (QED) is 0.689. The van der Waals surface area contributed by atoms with Gasteiger partial charge in [-0.25, -0.2) is 0 Å². The molecule has 0 saturated heterocycles. The Kier molecular flexibility index (Phi) is 4.50. The van der Waals surface area contributed by atoms with Crippen LogP contribution in [0.4, 0.5) is 0 Å². The average Bonchev–Trinajstić information content (AvgIpc) is 2.64. The Morgan fingerprint density at radius 1 is 1.12 bits per heavy atom. The van der Waals surface area contributed by atoms with Gasteiger partial charge >= 0.3 is 0 Å². The van der Waals surface area contributed by atoms with E-state index in [4.69, 9.17) is 0 Å². The number of hydrogen-bond acceptors (Lipinski definition) is 4. The number of nitriles is 1. The van der Waals surface area contributed by atoms with Crippen molar-refractivity contribution in [2.45, 2.75) is 0 Å². The summed E-state index contributed by atoms with van der Waals surface area (Å²) in [6.45, 7) is 0. The Hall–Kier alpha value is -3.17. The largest absolute Gasteiger partial charge is 0.507 e. The lowest BCUT2D eigenvalue weighted by molar-refractivity contribution is 0.103. The zero-order valence-corrected chi connectivity index (χ0v) is 14.4. The van der Waals surface area contributed by atoms with Crippen LogP contribution in [0.3, 0.4) is 0 Å². The van der Waals surface area contributed by atoms with E-state index in [1.165, 1.54) is 29.0 Å². The summed E-state index contributed by atoms with van der Waals surface area (Å²) in [7, 11) is 0. The van der Waals surface area contributed by atoms with Gasteiger partial charge in [-0.3, -0.25) is 14.2 Å². The molecule has 0 unspecified atom stereocenters. The van der Waals surface area contributed by atoms with Gasteiger partial charge in [0.2, 0.25) is 0 Å². The van der Waals surface area contributed by atoms with Gasteiger partial charge in [-0.2, -0.15) is 5.26 Å². The van der Waals surface area contributed by atoms with Crippen LogP contribution in [0.5, 0.6) is 5.75 Å². The molecular weight excluding hydrogens is 384 g/mol. The Morgan fingerprint density at radius 3 is 2.52 bits per heavy atom. The van der Waals surface area contributed by atoms with Gasteiger partial charge in [-0.1, -0.05) is 34.1 Å². The molecule has 3 aromatic rings. The van der Waals surface area contributed by atoms with Gasteiger partial charge in [-0.15, -0.1) is 0 Å². The maximum absolute atomic E-state index is 12.8. The first kappa shape index (κ1) is 16.7. The van der Waals surface area contributed by atoms with E-state index in [0.717, 1.165) is 0 Å². The summed E-state index contributed by atoms with van der Waals surface area (Å²) in [6, 6.07) is 16.3. The highest BCUT2D eigenvalue weighted by atomic mass is 79.9. The number of carbonyl (C=O) groups is 1. The number of pyridine rings is 1. The predicted octanol–water partition coefficient (Wildman–Crippen LogP) is 3.41. The number of aromatic hydroxyl groups is 1. The third-order valence-corrected chi connectivity index (χ3v) is 4.13. The number of benzene rings is 2. The van der Waals surface area contributed by atoms with Crippen molar-refractivity contribution in [3.05, 3.63) is 92.3 Å². The number of carbonyl (C=O) groups excluding carboxylic acids is 1. The van der Waals surface area contributed by atoms with E-state index >= 15 is 0 Å². The van der Waals surface area contributed by atoms with E-state index in [2.05, 4.69) is 15.9 Å². The molecule has 0 amide bonds. The normalized spacial score (nSPS) is 10.2. The first-order chi connectivity index (χ1) is 12.0. The maximum atomic E-state index is 12.8. The number of halogens is 1. The monoisotopic (exact) mass is 394 g/mol. The lowest BCUT2D eigenvalue weighted by atomic mass is 10.0. The molecule has 1 heterocycles. The number of para-hydroxylation sites is 1. The minimum atomic E-state index is -0.510. The Bertz CT molecular complexity index is 1070. The van der Waals surface area contributed by atoms with Crippen LogP contribution in [0.15, 0.2) is 70.1 Å². The summed E-state index contributed by atoms with van der Waals surface area (Å²) in [6.07, 6.45) is 1.38. The second-order valence-corrected chi connectivity index (χ2v) is 6.17. The van der Waals surface area contributed by atoms with Crippen molar-refractivity contribution in [2.24, 2.45) is 0 Å². The average molecular weight is 395 g/mol. The fourth-order valence-corrected chi connectivity index (χ4v) is 2.77. The fourth-order valence-electron chi connectivity index (χ4n) is 2.41. The molecule has 0 spiro atoms. The van der Waals surface area contributed by atoms with Gasteiger partial charge in [0.05, 0.1) is 5.56 Å². The molecule has 0 aliphatic rings. The molecule has 0 bridgehead atoms. The Labute approximate surface area is 151 Å². The van der Waals surface area contributed by atoms with Crippen LogP contribution >= 0.6 is 15.9 Å². The standard InChI is InChI=1S/C19H11BrN2O3/c20-14-6-7-17(23)16(9-14)18(24)13-8-12(10-21)19(25)22(11-13)15-4-2-1-3-5-15/h1-9,11,23H. The van der Waals surface area contributed by atoms with Crippen LogP contribution in [0.25, 0.3) is 5.69 Å². The summed E-state index contributed by atoms with van der Waals surface area (Å²) in [5, 5.41) is 19.2. The Morgan fingerprint density at radius 2 is 1.84 bits per heavy atom. The second-order valence-electron chi connectivity index (χ2n) is 5.26. The number of nitrogens with zero attached hydrogens (tertiary/aromatic N) is 2. The van der Waals surface area contributed by atoms with Crippen molar-refractivity contribution < 1.29 is 9.90 Å². The summed E-state index contributed by atoms with van der Waals surface area (Å²) in [4.78, 5) is 25.2. The minimum Gasteiger partial charge on any atom is -0.507 e. The van der Waals surface area contributed by atoms with Crippen molar-refractivity contribution in [1.82, 2.24) is 4.57 Å². The minimum absolute atomic E-state index is 0.0801. The van der Waals surface area contributed by atoms with Crippen LogP contribution in [-0.2, 0) is 0 Å². The summed E-state index contributed by atoms with van der Waals surface area (Å²) in [5.41, 5.74) is 0.0925. The van der Waals surface area contributed by atoms with Gasteiger partial charge in [0.15, 0.2) is 5.78 Å². The zero-order valence-electron chi connectivity index (χ0n) is 12.8. The number of phenols is 1. The first-order valence-electron chi connectivity index (χ1n) is 7.26. The van der Waals surface area contributed by atoms with Gasteiger partial charge in [0.25, 0.3) is 5.56 Å². The van der Waals surface area contributed by atoms with Gasteiger partial charge in [0.1, 0.15) is 17.4 Å². The van der Waals surface area contributed by atoms with Gasteiger partial charge in [-0.05, 0) is 36.4 Å². The molecule has 1 aromatic heterocycles. The third kappa shape index (κ3) is 3.23. The fraction of sp³-hybridized carbons (Fsp3) is 0. The van der Waals surface area contributed by atoms with Crippen molar-refractivity contribution >= 4 is 21.7 Å². The zero-order chi connectivity index (χ0) is 18.0. The SMILES string of the molecule is N#Cc1cc(C(=O)c2cc(Br)ccc2O)cn(-c2ccccc2)c1=O. The predicted molar refractivity (Wildman–Crippen MR) is 96.0 cm³/mol. The van der Waals surface area contributed by atoms with Crippen LogP contribution in [0, 0.1) is 11.3 Å². The van der Waals surface area contributed by atoms with Gasteiger partial charge < -0.3 is 5.11 Å². The van der Waals surface area contributed by atoms with Crippen LogP contribution in [0.2, 0.25) is 0 Å². The highest BCUT2D eigenvalue weighted by Crippen LogP contribution is 2.24. The number of hydrogen-bond donors (Lipinski definition) is 1. The third-order valence-electron chi connectivity index (χ3n) is 3.64. The molecule has 0 aliphatic carbocycles. The van der Waals surface area contributed by atoms with Gasteiger partial charge in [0, 0.05) is 21.9 Å². The molecular formula is C19H11BrN2O3. The summed E-state index contributed by atoms with van der Waals surface area (Å²) < 4.78 is 1.88. The molecule has 0 saturated carbocycles. The molecule has 3 rings (SSSR count). The van der Waals surface area contributed by atoms with E-state index in [-0.39, 0.29) is 22.4 Å². The maximum Gasteiger partial charge on any atom is 0.273 e. The van der Waals surface area contributed by atoms with E-state index in [1.807, 2.05) is 6.07 Å². The first-order valence-corrected chi connectivity index (χ1v) is 8.06. The second kappa shape index (κ2) is 6.75. The van der Waals surface area contributed by atoms with Crippen LogP contribution in [0.1, 0.15) is 21.5 Å². The lowest BCUT2D eigenvalue weighted by Crippen LogP contribution is -2.22. The molecule has 1 N–H and O–H groups in total. The summed E-state index contributed by atoms with van der Waals surface area (Å²) >= 11 is 3.26. The number of ketones is 1. The molecule has 0 fully saturated rings. The van der Waals surface area contributed by atoms with E-state index in [0.29, 0.717) is 10.2 Å². The molecule has 2 aromatic carbocycles. The molecule has 0 atom stereocenters. The Balaban J connectivity index is 2.21. The van der Waals surface area contributed by atoms with E-state index in [9.17, 15) is 20.0 Å². The highest BCUT2D eigenvalue weighted by Gasteiger charge is 2.18. The van der Waals surface area contributed by atoms with E-state index in [1.54, 1.807) is 36.4 Å². The topological polar surface area (TPSA) is 83.1 Å². The molecule has 0 radical (unpaired) electrons. The smallest absolute Gasteiger partial charge is 0.273 e. The van der Waals surface area contributed by atoms with Crippen LogP contribution in [-0.4, -0.2) is 15.5 Å². The highest BCUT2D eigenvalue weighted by molar-refractivity contribution is 9.10. The molecule has 6 heteroatoms. The molecule has 0 aliphatic heterocycles. The number of aromatic nitrogens is 1. The number of phenolic OH excluding ortho intramolecular Hbond substituents is 1. The van der Waals surface area contributed by atoms with Crippen LogP contribution < -0.4 is 5.56 Å². The van der Waals surface area contributed by atoms with Crippen molar-refractivity contribution in [1.29, 1.82) is 5.26 Å². The molecule has 5 nitrogen and oxygen atoms in total. The lowest BCUT2D eigenvalue weighted by Gasteiger charge is -2.10. The van der Waals surface area contributed by atoms with Crippen molar-refractivity contribution in [3.8, 4) is 17.5 Å². The molecule has 122 valence electrons. The van der Waals surface area contributed by atoms with E-state index < -0.39 is 11.3 Å². The van der Waals surface area contributed by atoms with Crippen molar-refractivity contribution in [3.63, 3.8) is 0 Å². The number of rotatable bonds is 3.